The molecule has 1 aromatic rings. The van der Waals surface area contributed by atoms with Gasteiger partial charge in [-0.3, -0.25) is 9.69 Å². The van der Waals surface area contributed by atoms with Gasteiger partial charge in [0.15, 0.2) is 11.5 Å². The molecular weight excluding hydrogens is 330 g/mol. The lowest BCUT2D eigenvalue weighted by atomic mass is 9.78. The van der Waals surface area contributed by atoms with Gasteiger partial charge in [-0.05, 0) is 56.5 Å². The van der Waals surface area contributed by atoms with Crippen LogP contribution >= 0.6 is 0 Å². The highest BCUT2D eigenvalue weighted by Gasteiger charge is 2.44. The van der Waals surface area contributed by atoms with Gasteiger partial charge in [0.1, 0.15) is 19.8 Å². The quantitative estimate of drug-likeness (QED) is 0.755. The van der Waals surface area contributed by atoms with E-state index in [1.54, 1.807) is 0 Å². The number of benzene rings is 1. The van der Waals surface area contributed by atoms with Crippen molar-refractivity contribution in [2.45, 2.75) is 50.4 Å². The third-order valence-corrected chi connectivity index (χ3v) is 6.03. The normalized spacial score (nSPS) is 22.2. The van der Waals surface area contributed by atoms with Crippen LogP contribution in [0.4, 0.5) is 0 Å². The van der Waals surface area contributed by atoms with Gasteiger partial charge in [0, 0.05) is 6.54 Å². The molecule has 2 fully saturated rings. The lowest BCUT2D eigenvalue weighted by Crippen LogP contribution is -2.38. The summed E-state index contributed by atoms with van der Waals surface area (Å²) in [4.78, 5) is 15.5. The number of likely N-dealkylation sites (tertiary alicyclic amines) is 1. The maximum absolute atomic E-state index is 13.1. The number of carbonyl (C=O) groups is 1. The zero-order valence-corrected chi connectivity index (χ0v) is 15.5. The summed E-state index contributed by atoms with van der Waals surface area (Å²) in [5.41, 5.74) is 0.500. The molecule has 1 aromatic carbocycles. The molecular formula is C21H29NO4. The Kier molecular flexibility index (Phi) is 5.34. The average molecular weight is 359 g/mol. The molecule has 0 bridgehead atoms. The summed E-state index contributed by atoms with van der Waals surface area (Å²) < 4.78 is 17.1. The van der Waals surface area contributed by atoms with Crippen LogP contribution in [0, 0.1) is 0 Å². The van der Waals surface area contributed by atoms with E-state index < -0.39 is 5.41 Å². The maximum Gasteiger partial charge on any atom is 0.316 e. The Morgan fingerprint density at radius 2 is 1.73 bits per heavy atom. The maximum atomic E-state index is 13.1. The Morgan fingerprint density at radius 3 is 2.50 bits per heavy atom. The highest BCUT2D eigenvalue weighted by Crippen LogP contribution is 2.45. The number of nitrogens with zero attached hydrogens (tertiary/aromatic N) is 1. The van der Waals surface area contributed by atoms with Crippen molar-refractivity contribution in [3.63, 3.8) is 0 Å². The van der Waals surface area contributed by atoms with Crippen molar-refractivity contribution in [2.75, 3.05) is 39.5 Å². The summed E-state index contributed by atoms with van der Waals surface area (Å²) in [5, 5.41) is 0. The Bertz CT molecular complexity index is 633. The molecule has 0 N–H and O–H groups in total. The molecule has 0 spiro atoms. The standard InChI is InChI=1S/C21H29NO4/c23-20(26-13-12-22-10-4-1-5-11-22)21(8-2-3-9-21)17-6-7-18-19(16-17)25-15-14-24-18/h6-7,16H,1-5,8-15H2. The van der Waals surface area contributed by atoms with Gasteiger partial charge in [0.2, 0.25) is 0 Å². The van der Waals surface area contributed by atoms with Gasteiger partial charge < -0.3 is 14.2 Å². The second-order valence-corrected chi connectivity index (χ2v) is 7.69. The van der Waals surface area contributed by atoms with Crippen molar-refractivity contribution in [3.8, 4) is 11.5 Å². The van der Waals surface area contributed by atoms with Gasteiger partial charge in [0.05, 0.1) is 5.41 Å². The molecule has 2 heterocycles. The van der Waals surface area contributed by atoms with Crippen LogP contribution < -0.4 is 9.47 Å². The van der Waals surface area contributed by atoms with Crippen LogP contribution in [0.5, 0.6) is 11.5 Å². The number of hydrogen-bond acceptors (Lipinski definition) is 5. The number of hydrogen-bond donors (Lipinski definition) is 0. The Hall–Kier alpha value is -1.75. The van der Waals surface area contributed by atoms with Gasteiger partial charge >= 0.3 is 5.97 Å². The molecule has 0 atom stereocenters. The lowest BCUT2D eigenvalue weighted by Gasteiger charge is -2.30. The number of rotatable bonds is 5. The smallest absolute Gasteiger partial charge is 0.316 e. The predicted molar refractivity (Wildman–Crippen MR) is 98.8 cm³/mol. The monoisotopic (exact) mass is 359 g/mol. The van der Waals surface area contributed by atoms with Crippen LogP contribution in [-0.2, 0) is 14.9 Å². The van der Waals surface area contributed by atoms with Crippen molar-refractivity contribution in [1.82, 2.24) is 4.90 Å². The van der Waals surface area contributed by atoms with Crippen molar-refractivity contribution >= 4 is 5.97 Å². The summed E-state index contributed by atoms with van der Waals surface area (Å²) in [6.45, 7) is 4.74. The molecule has 0 amide bonds. The molecule has 0 aromatic heterocycles. The van der Waals surface area contributed by atoms with Gasteiger partial charge in [0.25, 0.3) is 0 Å². The van der Waals surface area contributed by atoms with Crippen LogP contribution in [0.2, 0.25) is 0 Å². The zero-order chi connectivity index (χ0) is 17.8. The fraction of sp³-hybridized carbons (Fsp3) is 0.667. The minimum atomic E-state index is -0.516. The van der Waals surface area contributed by atoms with E-state index in [1.165, 1.54) is 19.3 Å². The second kappa shape index (κ2) is 7.87. The van der Waals surface area contributed by atoms with Gasteiger partial charge in [-0.2, -0.15) is 0 Å². The van der Waals surface area contributed by atoms with Crippen LogP contribution in [0.25, 0.3) is 0 Å². The van der Waals surface area contributed by atoms with Gasteiger partial charge in [-0.15, -0.1) is 0 Å². The first-order valence-electron chi connectivity index (χ1n) is 10.1. The van der Waals surface area contributed by atoms with E-state index in [9.17, 15) is 4.79 Å². The number of esters is 1. The number of fused-ring (bicyclic) bond motifs is 1. The second-order valence-electron chi connectivity index (χ2n) is 7.69. The summed E-state index contributed by atoms with van der Waals surface area (Å²) in [5.74, 6) is 1.46. The summed E-state index contributed by atoms with van der Waals surface area (Å²) in [6.07, 6.45) is 7.68. The fourth-order valence-corrected chi connectivity index (χ4v) is 4.52. The molecule has 26 heavy (non-hydrogen) atoms. The predicted octanol–water partition coefficient (Wildman–Crippen LogP) is 3.30. The van der Waals surface area contributed by atoms with E-state index in [2.05, 4.69) is 4.90 Å². The molecule has 2 aliphatic heterocycles. The first-order valence-corrected chi connectivity index (χ1v) is 10.1. The molecule has 0 radical (unpaired) electrons. The molecule has 1 aliphatic carbocycles. The molecule has 142 valence electrons. The Morgan fingerprint density at radius 1 is 1.00 bits per heavy atom. The molecule has 0 unspecified atom stereocenters. The van der Waals surface area contributed by atoms with Gasteiger partial charge in [-0.25, -0.2) is 0 Å². The molecule has 3 aliphatic rings. The van der Waals surface area contributed by atoms with Crippen LogP contribution in [0.3, 0.4) is 0 Å². The largest absolute Gasteiger partial charge is 0.486 e. The Labute approximate surface area is 155 Å². The molecule has 4 rings (SSSR count). The third kappa shape index (κ3) is 3.54. The van der Waals surface area contributed by atoms with E-state index in [1.807, 2.05) is 18.2 Å². The fourth-order valence-electron chi connectivity index (χ4n) is 4.52. The summed E-state index contributed by atoms with van der Waals surface area (Å²) >= 11 is 0. The van der Waals surface area contributed by atoms with E-state index in [0.29, 0.717) is 19.8 Å². The van der Waals surface area contributed by atoms with E-state index in [0.717, 1.165) is 62.4 Å². The van der Waals surface area contributed by atoms with Crippen molar-refractivity contribution in [1.29, 1.82) is 0 Å². The van der Waals surface area contributed by atoms with E-state index in [4.69, 9.17) is 14.2 Å². The first kappa shape index (κ1) is 17.7. The summed E-state index contributed by atoms with van der Waals surface area (Å²) in [7, 11) is 0. The molecule has 5 nitrogen and oxygen atoms in total. The summed E-state index contributed by atoms with van der Waals surface area (Å²) in [6, 6.07) is 5.95. The Balaban J connectivity index is 1.44. The molecule has 5 heteroatoms. The average Bonchev–Trinajstić information content (AvgIpc) is 3.19. The van der Waals surface area contributed by atoms with E-state index in [-0.39, 0.29) is 5.97 Å². The van der Waals surface area contributed by atoms with Crippen molar-refractivity contribution in [2.24, 2.45) is 0 Å². The number of piperidine rings is 1. The van der Waals surface area contributed by atoms with Gasteiger partial charge in [-0.1, -0.05) is 25.3 Å². The number of ether oxygens (including phenoxy) is 3. The molecule has 1 saturated carbocycles. The van der Waals surface area contributed by atoms with Crippen LogP contribution in [0.15, 0.2) is 18.2 Å². The highest BCUT2D eigenvalue weighted by molar-refractivity contribution is 5.84. The minimum absolute atomic E-state index is 0.0660. The third-order valence-electron chi connectivity index (χ3n) is 6.03. The SMILES string of the molecule is O=C(OCCN1CCCCC1)C1(c2ccc3c(c2)OCCO3)CCCC1. The van der Waals surface area contributed by atoms with Crippen LogP contribution in [-0.4, -0.2) is 50.3 Å². The highest BCUT2D eigenvalue weighted by atomic mass is 16.6. The topological polar surface area (TPSA) is 48.0 Å². The van der Waals surface area contributed by atoms with E-state index >= 15 is 0 Å². The minimum Gasteiger partial charge on any atom is -0.486 e. The number of carbonyl (C=O) groups excluding carboxylic acids is 1. The van der Waals surface area contributed by atoms with Crippen LogP contribution in [0.1, 0.15) is 50.5 Å². The van der Waals surface area contributed by atoms with Crippen molar-refractivity contribution < 1.29 is 19.0 Å². The first-order chi connectivity index (χ1) is 12.8. The molecule has 1 saturated heterocycles. The lowest BCUT2D eigenvalue weighted by molar-refractivity contribution is -0.151. The van der Waals surface area contributed by atoms with Crippen molar-refractivity contribution in [3.05, 3.63) is 23.8 Å². The zero-order valence-electron chi connectivity index (χ0n) is 15.5.